The summed E-state index contributed by atoms with van der Waals surface area (Å²) in [6.45, 7) is 10.6. The van der Waals surface area contributed by atoms with Crippen molar-refractivity contribution in [1.29, 1.82) is 0 Å². The first-order chi connectivity index (χ1) is 40.5. The summed E-state index contributed by atoms with van der Waals surface area (Å²) < 4.78 is 56.9. The molecule has 29 nitrogen and oxygen atoms in total. The molecule has 0 radical (unpaired) electrons. The highest BCUT2D eigenvalue weighted by Crippen LogP contribution is 2.29. The predicted molar refractivity (Wildman–Crippen MR) is 303 cm³/mol. The molecule has 3 saturated heterocycles. The van der Waals surface area contributed by atoms with Crippen molar-refractivity contribution in [1.82, 2.24) is 26.6 Å². The molecule has 0 saturated carbocycles. The molecule has 3 aliphatic rings. The number of methoxy groups -OCH3 is 1. The van der Waals surface area contributed by atoms with Gasteiger partial charge in [-0.15, -0.1) is 0 Å². The molecule has 3 aliphatic heterocycles. The molecule has 29 heteroatoms. The second-order valence-corrected chi connectivity index (χ2v) is 22.4. The Hall–Kier alpha value is -3.41. The van der Waals surface area contributed by atoms with Crippen molar-refractivity contribution in [3.05, 3.63) is 0 Å². The van der Waals surface area contributed by atoms with Gasteiger partial charge in [-0.25, -0.2) is 0 Å². The lowest BCUT2D eigenvalue weighted by atomic mass is 9.92. The Labute approximate surface area is 500 Å². The molecule has 0 aromatic heterocycles. The number of nitrogens with one attached hydrogen (secondary N) is 5. The summed E-state index contributed by atoms with van der Waals surface area (Å²) in [4.78, 5) is 64.7. The summed E-state index contributed by atoms with van der Waals surface area (Å²) in [6, 6.07) is 0. The van der Waals surface area contributed by atoms with E-state index in [9.17, 15) is 69.9 Å². The minimum atomic E-state index is -1.44. The fourth-order valence-electron chi connectivity index (χ4n) is 8.83. The number of aliphatic hydroxyl groups excluding tert-OH is 9. The van der Waals surface area contributed by atoms with Gasteiger partial charge in [-0.05, 0) is 38.0 Å². The zero-order valence-corrected chi connectivity index (χ0v) is 51.0. The lowest BCUT2D eigenvalue weighted by Gasteiger charge is -2.40. The topological polar surface area (TPSA) is 420 Å². The van der Waals surface area contributed by atoms with E-state index in [4.69, 9.17) is 47.4 Å². The summed E-state index contributed by atoms with van der Waals surface area (Å²) in [5.41, 5.74) is -1.44. The van der Waals surface area contributed by atoms with Crippen LogP contribution >= 0.6 is 0 Å². The van der Waals surface area contributed by atoms with Crippen molar-refractivity contribution < 1.29 is 117 Å². The first kappa shape index (κ1) is 77.7. The van der Waals surface area contributed by atoms with E-state index in [0.29, 0.717) is 38.8 Å². The first-order valence-electron chi connectivity index (χ1n) is 29.9. The molecule has 3 heterocycles. The second kappa shape index (κ2) is 44.1. The van der Waals surface area contributed by atoms with Gasteiger partial charge in [0.25, 0.3) is 0 Å². The van der Waals surface area contributed by atoms with Crippen molar-refractivity contribution in [2.24, 2.45) is 23.7 Å². The number of hydrogen-bond acceptors (Lipinski definition) is 24. The number of carbonyl (C=O) groups is 5. The van der Waals surface area contributed by atoms with Crippen molar-refractivity contribution >= 4 is 29.5 Å². The van der Waals surface area contributed by atoms with Crippen LogP contribution in [0.5, 0.6) is 0 Å². The molecular formula is C56H105N5O24. The molecule has 3 fully saturated rings. The molecule has 0 aromatic rings. The number of rotatable bonds is 42. The van der Waals surface area contributed by atoms with E-state index in [1.807, 2.05) is 0 Å². The van der Waals surface area contributed by atoms with E-state index in [1.54, 1.807) is 27.9 Å². The number of carbonyl (C=O) groups excluding carboxylic acids is 5. The SMILES string of the molecule is CC(C)C.COCCCNC(=O)CCCC(=O)NC(COCCC(=O)NCCCO[C@@H]1OC(CO)C(O)[C@H](O)C1C)(COCCC(=O)NCCCO[C@@H]1OC(CO)C(O)[C@H](O)C1C)COCCC(=O)NCCCO[C@@H]1OC(CO)C(O)[C@H](O)C1C. The third kappa shape index (κ3) is 30.6. The second-order valence-electron chi connectivity index (χ2n) is 22.4. The number of amides is 5. The normalized spacial score (nSPS) is 28.4. The molecule has 85 heavy (non-hydrogen) atoms. The standard InChI is InChI=1S/C52H95N5O24.C4H10/c1-32-43(66)46(69)35(26-58)79-49(32)76-20-7-16-54-39(62)12-23-73-29-52(57-42(65)11-5-10-38(61)53-15-6-19-72-4,30-74-24-13-40(63)55-17-8-21-77-50-33(2)44(67)47(70)36(27-59)80-50)31-75-25-14-41(64)56-18-9-22-78-51-34(3)45(68)48(71)37(28-60)81-51;1-4(2)3/h32-37,43-51,58-60,66-71H,5-31H2,1-4H3,(H,53,61)(H,54,62)(H,55,63)(H,56,64)(H,57,65);4H,1-3H3/t32?,33?,34?,35?,36?,37?,43-,44-,45-,46?,47?,48?,49-,50-,51-,52?;/m1./s1. The van der Waals surface area contributed by atoms with Crippen molar-refractivity contribution in [3.8, 4) is 0 Å². The van der Waals surface area contributed by atoms with Gasteiger partial charge < -0.3 is 120 Å². The van der Waals surface area contributed by atoms with Crippen LogP contribution in [0.1, 0.15) is 106 Å². The third-order valence-corrected chi connectivity index (χ3v) is 14.0. The van der Waals surface area contributed by atoms with Gasteiger partial charge in [0.05, 0.1) is 97.6 Å². The smallest absolute Gasteiger partial charge is 0.222 e. The minimum Gasteiger partial charge on any atom is -0.394 e. The van der Waals surface area contributed by atoms with Crippen LogP contribution < -0.4 is 26.6 Å². The maximum absolute atomic E-state index is 13.6. The zero-order chi connectivity index (χ0) is 63.3. The van der Waals surface area contributed by atoms with Gasteiger partial charge in [-0.1, -0.05) is 41.5 Å². The minimum absolute atomic E-state index is 0.0569. The van der Waals surface area contributed by atoms with Crippen molar-refractivity contribution in [2.75, 3.05) is 119 Å². The Morgan fingerprint density at radius 2 is 0.706 bits per heavy atom. The van der Waals surface area contributed by atoms with Crippen LogP contribution in [0.25, 0.3) is 0 Å². The lowest BCUT2D eigenvalue weighted by molar-refractivity contribution is -0.282. The van der Waals surface area contributed by atoms with E-state index in [1.165, 1.54) is 0 Å². The van der Waals surface area contributed by atoms with E-state index >= 15 is 0 Å². The maximum Gasteiger partial charge on any atom is 0.222 e. The highest BCUT2D eigenvalue weighted by molar-refractivity contribution is 5.79. The van der Waals surface area contributed by atoms with Crippen molar-refractivity contribution in [3.63, 3.8) is 0 Å². The summed E-state index contributed by atoms with van der Waals surface area (Å²) in [5.74, 6) is -2.75. The monoisotopic (exact) mass is 1230 g/mol. The zero-order valence-electron chi connectivity index (χ0n) is 51.0. The highest BCUT2D eigenvalue weighted by atomic mass is 16.7. The average molecular weight is 1230 g/mol. The summed E-state index contributed by atoms with van der Waals surface area (Å²) >= 11 is 0. The number of ether oxygens (including phenoxy) is 10. The first-order valence-corrected chi connectivity index (χ1v) is 29.9. The Balaban J connectivity index is 0.00000596. The molecular weight excluding hydrogens is 1130 g/mol. The van der Waals surface area contributed by atoms with Crippen LogP contribution in [0.3, 0.4) is 0 Å². The van der Waals surface area contributed by atoms with Gasteiger partial charge in [-0.3, -0.25) is 24.0 Å². The Morgan fingerprint density at radius 1 is 0.424 bits per heavy atom. The average Bonchev–Trinajstić information content (AvgIpc) is 3.25. The summed E-state index contributed by atoms with van der Waals surface area (Å²) in [7, 11) is 1.56. The van der Waals surface area contributed by atoms with Crippen LogP contribution in [0, 0.1) is 23.7 Å². The van der Waals surface area contributed by atoms with Crippen LogP contribution in [-0.4, -0.2) is 274 Å². The third-order valence-electron chi connectivity index (χ3n) is 14.0. The molecule has 5 amide bonds. The van der Waals surface area contributed by atoms with Gasteiger partial charge in [0, 0.05) is 89.8 Å². The van der Waals surface area contributed by atoms with Crippen LogP contribution in [0.4, 0.5) is 0 Å². The molecule has 9 unspecified atom stereocenters. The van der Waals surface area contributed by atoms with E-state index in [0.717, 1.165) is 5.92 Å². The quantitative estimate of drug-likeness (QED) is 0.0268. The Morgan fingerprint density at radius 3 is 1.00 bits per heavy atom. The lowest BCUT2D eigenvalue weighted by Crippen LogP contribution is -2.58. The van der Waals surface area contributed by atoms with E-state index in [2.05, 4.69) is 47.4 Å². The summed E-state index contributed by atoms with van der Waals surface area (Å²) in [6.07, 6.45) is -11.4. The highest BCUT2D eigenvalue weighted by Gasteiger charge is 2.45. The molecule has 0 aromatic carbocycles. The molecule has 498 valence electrons. The molecule has 3 rings (SSSR count). The fourth-order valence-corrected chi connectivity index (χ4v) is 8.83. The number of hydrogen-bond donors (Lipinski definition) is 14. The van der Waals surface area contributed by atoms with Gasteiger partial charge in [-0.2, -0.15) is 0 Å². The number of aliphatic hydroxyl groups is 9. The van der Waals surface area contributed by atoms with Gasteiger partial charge in [0.1, 0.15) is 42.2 Å². The van der Waals surface area contributed by atoms with Gasteiger partial charge in [0.15, 0.2) is 18.9 Å². The van der Waals surface area contributed by atoms with Crippen molar-refractivity contribution in [2.45, 2.75) is 185 Å². The Kier molecular flexibility index (Phi) is 40.3. The fraction of sp³-hybridized carbons (Fsp3) is 0.911. The van der Waals surface area contributed by atoms with E-state index < -0.39 is 123 Å². The molecule has 0 spiro atoms. The van der Waals surface area contributed by atoms with Crippen LogP contribution in [-0.2, 0) is 71.3 Å². The molecule has 0 bridgehead atoms. The van der Waals surface area contributed by atoms with Crippen LogP contribution in [0.2, 0.25) is 0 Å². The predicted octanol–water partition coefficient (Wildman–Crippen LogP) is -3.16. The molecule has 14 N–H and O–H groups in total. The maximum atomic E-state index is 13.6. The van der Waals surface area contributed by atoms with Crippen LogP contribution in [0.15, 0.2) is 0 Å². The van der Waals surface area contributed by atoms with E-state index in [-0.39, 0.29) is 141 Å². The Bertz CT molecular complexity index is 1660. The molecule has 0 aliphatic carbocycles. The summed E-state index contributed by atoms with van der Waals surface area (Å²) in [5, 5.41) is 104. The molecule has 15 atom stereocenters. The van der Waals surface area contributed by atoms with Gasteiger partial charge in [0.2, 0.25) is 29.5 Å². The largest absolute Gasteiger partial charge is 0.394 e. The van der Waals surface area contributed by atoms with Gasteiger partial charge >= 0.3 is 0 Å².